The average molecular weight is 124 g/mol. The van der Waals surface area contributed by atoms with Gasteiger partial charge in [0.15, 0.2) is 0 Å². The van der Waals surface area contributed by atoms with E-state index in [9.17, 15) is 0 Å². The van der Waals surface area contributed by atoms with Crippen molar-refractivity contribution in [2.75, 3.05) is 0 Å². The minimum atomic E-state index is 0.819. The fourth-order valence-corrected chi connectivity index (χ4v) is 1.09. The summed E-state index contributed by atoms with van der Waals surface area (Å²) in [5.74, 6) is 0.819. The summed E-state index contributed by atoms with van der Waals surface area (Å²) >= 11 is 0. The van der Waals surface area contributed by atoms with E-state index in [2.05, 4.69) is 26.7 Å². The molecule has 0 amide bonds. The second-order valence-electron chi connectivity index (χ2n) is 2.45. The summed E-state index contributed by atoms with van der Waals surface area (Å²) in [6.45, 7) is 12.2. The fourth-order valence-electron chi connectivity index (χ4n) is 1.09. The average Bonchev–Trinajstić information content (AvgIpc) is 2.23. The molecule has 0 aromatic heterocycles. The second-order valence-corrected chi connectivity index (χ2v) is 2.45. The summed E-state index contributed by atoms with van der Waals surface area (Å²) < 4.78 is 0. The highest BCUT2D eigenvalue weighted by Crippen LogP contribution is 2.28. The Morgan fingerprint density at radius 3 is 2.11 bits per heavy atom. The van der Waals surface area contributed by atoms with Crippen molar-refractivity contribution in [3.63, 3.8) is 0 Å². The van der Waals surface area contributed by atoms with Crippen LogP contribution in [0, 0.1) is 5.92 Å². The zero-order valence-electron chi connectivity index (χ0n) is 6.32. The molecule has 0 N–H and O–H groups in total. The Kier molecular flexibility index (Phi) is 4.12. The van der Waals surface area contributed by atoms with Gasteiger partial charge >= 0.3 is 0 Å². The SMILES string of the molecule is C=C.C=C1CCCC1C. The van der Waals surface area contributed by atoms with Gasteiger partial charge in [-0.05, 0) is 25.2 Å². The Labute approximate surface area is 58.3 Å². The summed E-state index contributed by atoms with van der Waals surface area (Å²) in [6.07, 6.45) is 4.03. The third kappa shape index (κ3) is 2.50. The first-order valence-electron chi connectivity index (χ1n) is 3.48. The van der Waals surface area contributed by atoms with Crippen LogP contribution in [0.15, 0.2) is 25.3 Å². The van der Waals surface area contributed by atoms with Crippen LogP contribution < -0.4 is 0 Å². The van der Waals surface area contributed by atoms with E-state index < -0.39 is 0 Å². The number of hydrogen-bond acceptors (Lipinski definition) is 0. The van der Waals surface area contributed by atoms with Crippen LogP contribution >= 0.6 is 0 Å². The Morgan fingerprint density at radius 1 is 1.44 bits per heavy atom. The van der Waals surface area contributed by atoms with Gasteiger partial charge in [0.25, 0.3) is 0 Å². The molecular weight excluding hydrogens is 108 g/mol. The molecule has 0 bridgehead atoms. The maximum atomic E-state index is 3.94. The topological polar surface area (TPSA) is 0 Å². The third-order valence-corrected chi connectivity index (χ3v) is 1.83. The summed E-state index contributed by atoms with van der Waals surface area (Å²) in [5.41, 5.74) is 1.46. The van der Waals surface area contributed by atoms with Crippen LogP contribution in [0.4, 0.5) is 0 Å². The van der Waals surface area contributed by atoms with Gasteiger partial charge in [0.05, 0.1) is 0 Å². The molecule has 1 fully saturated rings. The van der Waals surface area contributed by atoms with Crippen LogP contribution in [0.5, 0.6) is 0 Å². The highest BCUT2D eigenvalue weighted by atomic mass is 14.2. The fraction of sp³-hybridized carbons (Fsp3) is 0.556. The number of hydrogen-bond donors (Lipinski definition) is 0. The summed E-state index contributed by atoms with van der Waals surface area (Å²) in [6, 6.07) is 0. The van der Waals surface area contributed by atoms with E-state index in [1.807, 2.05) is 0 Å². The van der Waals surface area contributed by atoms with E-state index in [1.54, 1.807) is 0 Å². The lowest BCUT2D eigenvalue weighted by Crippen LogP contribution is -1.83. The Bertz CT molecular complexity index is 92.2. The van der Waals surface area contributed by atoms with Gasteiger partial charge in [-0.3, -0.25) is 0 Å². The smallest absolute Gasteiger partial charge is 0.0234 e. The van der Waals surface area contributed by atoms with Crippen molar-refractivity contribution in [2.45, 2.75) is 26.2 Å². The number of rotatable bonds is 0. The Hall–Kier alpha value is -0.520. The zero-order chi connectivity index (χ0) is 7.28. The molecule has 1 rings (SSSR count). The minimum absolute atomic E-state index is 0.819. The molecule has 0 radical (unpaired) electrons. The molecule has 0 nitrogen and oxygen atoms in total. The van der Waals surface area contributed by atoms with Gasteiger partial charge in [0.1, 0.15) is 0 Å². The summed E-state index contributed by atoms with van der Waals surface area (Å²) in [5, 5.41) is 0. The maximum absolute atomic E-state index is 3.94. The van der Waals surface area contributed by atoms with Gasteiger partial charge < -0.3 is 0 Å². The second kappa shape index (κ2) is 4.37. The van der Waals surface area contributed by atoms with Gasteiger partial charge in [-0.25, -0.2) is 0 Å². The molecule has 1 unspecified atom stereocenters. The molecule has 52 valence electrons. The van der Waals surface area contributed by atoms with Gasteiger partial charge in [0.2, 0.25) is 0 Å². The molecule has 0 aromatic rings. The van der Waals surface area contributed by atoms with Crippen LogP contribution in [0.25, 0.3) is 0 Å². The molecule has 0 heterocycles. The lowest BCUT2D eigenvalue weighted by Gasteiger charge is -1.97. The van der Waals surface area contributed by atoms with E-state index in [0.29, 0.717) is 0 Å². The predicted octanol–water partition coefficient (Wildman–Crippen LogP) is 3.16. The molecule has 9 heavy (non-hydrogen) atoms. The van der Waals surface area contributed by atoms with Crippen molar-refractivity contribution < 1.29 is 0 Å². The highest BCUT2D eigenvalue weighted by molar-refractivity contribution is 5.03. The largest absolute Gasteiger partial charge is 0.106 e. The molecule has 0 spiro atoms. The van der Waals surface area contributed by atoms with E-state index in [0.717, 1.165) is 5.92 Å². The van der Waals surface area contributed by atoms with Gasteiger partial charge in [-0.15, -0.1) is 13.2 Å². The van der Waals surface area contributed by atoms with E-state index in [4.69, 9.17) is 0 Å². The molecule has 0 saturated heterocycles. The summed E-state index contributed by atoms with van der Waals surface area (Å²) in [4.78, 5) is 0. The monoisotopic (exact) mass is 124 g/mol. The Balaban J connectivity index is 0.000000291. The van der Waals surface area contributed by atoms with Crippen molar-refractivity contribution >= 4 is 0 Å². The van der Waals surface area contributed by atoms with Crippen molar-refractivity contribution in [3.8, 4) is 0 Å². The maximum Gasteiger partial charge on any atom is -0.0234 e. The van der Waals surface area contributed by atoms with Crippen LogP contribution in [0.1, 0.15) is 26.2 Å². The first-order valence-corrected chi connectivity index (χ1v) is 3.48. The van der Waals surface area contributed by atoms with Crippen LogP contribution in [0.3, 0.4) is 0 Å². The first kappa shape index (κ1) is 8.48. The van der Waals surface area contributed by atoms with Crippen molar-refractivity contribution in [1.29, 1.82) is 0 Å². The molecule has 0 aromatic carbocycles. The highest BCUT2D eigenvalue weighted by Gasteiger charge is 2.12. The molecule has 1 atom stereocenters. The third-order valence-electron chi connectivity index (χ3n) is 1.83. The normalized spacial score (nSPS) is 25.0. The van der Waals surface area contributed by atoms with E-state index in [-0.39, 0.29) is 0 Å². The minimum Gasteiger partial charge on any atom is -0.106 e. The zero-order valence-corrected chi connectivity index (χ0v) is 6.32. The Morgan fingerprint density at radius 2 is 2.00 bits per heavy atom. The van der Waals surface area contributed by atoms with Crippen LogP contribution in [-0.2, 0) is 0 Å². The standard InChI is InChI=1S/C7H12.C2H4/c1-6-4-3-5-7(6)2;1-2/h7H,1,3-5H2,2H3;1-2H2. The number of allylic oxidation sites excluding steroid dienone is 1. The van der Waals surface area contributed by atoms with Crippen molar-refractivity contribution in [3.05, 3.63) is 25.3 Å². The van der Waals surface area contributed by atoms with Gasteiger partial charge in [-0.1, -0.05) is 19.1 Å². The molecule has 0 aliphatic heterocycles. The lowest BCUT2D eigenvalue weighted by atomic mass is 10.1. The molecule has 1 aliphatic carbocycles. The first-order chi connectivity index (χ1) is 4.30. The van der Waals surface area contributed by atoms with E-state index in [1.165, 1.54) is 24.8 Å². The molecule has 1 aliphatic rings. The molecule has 0 heteroatoms. The molecule has 1 saturated carbocycles. The van der Waals surface area contributed by atoms with Crippen LogP contribution in [0.2, 0.25) is 0 Å². The molecular formula is C9H16. The lowest BCUT2D eigenvalue weighted by molar-refractivity contribution is 0.697. The van der Waals surface area contributed by atoms with Crippen LogP contribution in [-0.4, -0.2) is 0 Å². The predicted molar refractivity (Wildman–Crippen MR) is 43.4 cm³/mol. The quantitative estimate of drug-likeness (QED) is 0.435. The van der Waals surface area contributed by atoms with Gasteiger partial charge in [-0.2, -0.15) is 0 Å². The summed E-state index contributed by atoms with van der Waals surface area (Å²) in [7, 11) is 0. The van der Waals surface area contributed by atoms with Crippen molar-refractivity contribution in [2.24, 2.45) is 5.92 Å². The van der Waals surface area contributed by atoms with Crippen molar-refractivity contribution in [1.82, 2.24) is 0 Å². The van der Waals surface area contributed by atoms with E-state index >= 15 is 0 Å². The van der Waals surface area contributed by atoms with Gasteiger partial charge in [0, 0.05) is 0 Å².